The highest BCUT2D eigenvalue weighted by Gasteiger charge is 2.26. The number of aliphatic hydroxyl groups is 1. The average Bonchev–Trinajstić information content (AvgIpc) is 3.26. The molecule has 0 amide bonds. The highest BCUT2D eigenvalue weighted by Crippen LogP contribution is 2.29. The Balaban J connectivity index is 1.66. The molecule has 1 aliphatic rings. The smallest absolute Gasteiger partial charge is 0.280 e. The lowest BCUT2D eigenvalue weighted by atomic mass is 9.94. The summed E-state index contributed by atoms with van der Waals surface area (Å²) in [6, 6.07) is 4.68. The molecule has 0 aliphatic heterocycles. The summed E-state index contributed by atoms with van der Waals surface area (Å²) in [5, 5.41) is 13.6. The van der Waals surface area contributed by atoms with E-state index in [1.54, 1.807) is 18.2 Å². The zero-order valence-corrected chi connectivity index (χ0v) is 19.6. The van der Waals surface area contributed by atoms with Crippen molar-refractivity contribution in [2.45, 2.75) is 69.4 Å². The van der Waals surface area contributed by atoms with E-state index in [-0.39, 0.29) is 40.4 Å². The number of nitrogens with zero attached hydrogens (tertiary/aromatic N) is 4. The van der Waals surface area contributed by atoms with Gasteiger partial charge in [0.05, 0.1) is 22.9 Å². The van der Waals surface area contributed by atoms with Gasteiger partial charge in [0.1, 0.15) is 0 Å². The van der Waals surface area contributed by atoms with E-state index in [0.717, 1.165) is 5.56 Å². The molecule has 1 fully saturated rings. The fourth-order valence-corrected chi connectivity index (χ4v) is 5.11. The molecule has 0 spiro atoms. The van der Waals surface area contributed by atoms with Crippen molar-refractivity contribution in [2.24, 2.45) is 0 Å². The van der Waals surface area contributed by atoms with E-state index in [1.807, 2.05) is 20.8 Å². The van der Waals surface area contributed by atoms with Crippen LogP contribution < -0.4 is 10.5 Å². The third-order valence-electron chi connectivity index (χ3n) is 5.78. The summed E-state index contributed by atoms with van der Waals surface area (Å²) in [7, 11) is -3.75. The topological polar surface area (TPSA) is 157 Å². The molecule has 1 saturated carbocycles. The highest BCUT2D eigenvalue weighted by atomic mass is 32.2. The lowest BCUT2D eigenvalue weighted by Gasteiger charge is -2.26. The minimum Gasteiger partial charge on any atom is -0.393 e. The van der Waals surface area contributed by atoms with E-state index >= 15 is 0 Å². The first kappa shape index (κ1) is 23.3. The zero-order valence-electron chi connectivity index (χ0n) is 18.8. The van der Waals surface area contributed by atoms with Crippen LogP contribution in [0.3, 0.4) is 0 Å². The number of hydrogen-bond donors (Lipinski definition) is 3. The lowest BCUT2D eigenvalue weighted by molar-refractivity contribution is 0.120. The van der Waals surface area contributed by atoms with Crippen LogP contribution in [0.15, 0.2) is 33.8 Å². The number of aryl methyl sites for hydroxylation is 1. The van der Waals surface area contributed by atoms with E-state index in [2.05, 4.69) is 24.8 Å². The average molecular weight is 473 g/mol. The number of nitrogens with one attached hydrogen (secondary N) is 1. The monoisotopic (exact) mass is 472 g/mol. The van der Waals surface area contributed by atoms with Gasteiger partial charge in [0.25, 0.3) is 5.89 Å². The van der Waals surface area contributed by atoms with Gasteiger partial charge < -0.3 is 15.4 Å². The number of anilines is 1. The van der Waals surface area contributed by atoms with Gasteiger partial charge >= 0.3 is 0 Å². The SMILES string of the molecule is Cc1ccc(S(=O)(=O)N[C@H]2CC[C@H](O)CC2)cc1-c1cnc(N)c(-c2nc(C(C)C)no2)n1. The Morgan fingerprint density at radius 2 is 1.91 bits per heavy atom. The second-order valence-corrected chi connectivity index (χ2v) is 10.4. The van der Waals surface area contributed by atoms with Crippen LogP contribution in [-0.2, 0) is 10.0 Å². The molecule has 1 aromatic carbocycles. The number of aromatic nitrogens is 4. The van der Waals surface area contributed by atoms with Crippen LogP contribution in [-0.4, -0.2) is 45.8 Å². The minimum atomic E-state index is -3.75. The number of nitrogens with two attached hydrogens (primary N) is 1. The summed E-state index contributed by atoms with van der Waals surface area (Å²) in [6.07, 6.45) is 3.52. The van der Waals surface area contributed by atoms with Crippen LogP contribution in [0.4, 0.5) is 5.82 Å². The van der Waals surface area contributed by atoms with Gasteiger partial charge in [-0.2, -0.15) is 4.98 Å². The van der Waals surface area contributed by atoms with Crippen LogP contribution in [0.25, 0.3) is 22.8 Å². The molecule has 33 heavy (non-hydrogen) atoms. The maximum absolute atomic E-state index is 13.0. The van der Waals surface area contributed by atoms with E-state index in [4.69, 9.17) is 10.3 Å². The molecule has 0 bridgehead atoms. The maximum Gasteiger partial charge on any atom is 0.280 e. The third-order valence-corrected chi connectivity index (χ3v) is 7.29. The Kier molecular flexibility index (Phi) is 6.46. The minimum absolute atomic E-state index is 0.0731. The molecule has 10 nitrogen and oxygen atoms in total. The highest BCUT2D eigenvalue weighted by molar-refractivity contribution is 7.89. The Labute approximate surface area is 192 Å². The molecular weight excluding hydrogens is 444 g/mol. The predicted molar refractivity (Wildman–Crippen MR) is 123 cm³/mol. The predicted octanol–water partition coefficient (Wildman–Crippen LogP) is 2.79. The molecular formula is C22H28N6O4S. The van der Waals surface area contributed by atoms with Crippen molar-refractivity contribution in [3.05, 3.63) is 35.8 Å². The first-order valence-electron chi connectivity index (χ1n) is 10.9. The van der Waals surface area contributed by atoms with Crippen LogP contribution in [0.5, 0.6) is 0 Å². The fourth-order valence-electron chi connectivity index (χ4n) is 3.78. The fraction of sp³-hybridized carbons (Fsp3) is 0.455. The van der Waals surface area contributed by atoms with Crippen molar-refractivity contribution in [3.8, 4) is 22.8 Å². The van der Waals surface area contributed by atoms with E-state index < -0.39 is 10.0 Å². The Morgan fingerprint density at radius 3 is 2.58 bits per heavy atom. The molecule has 4 N–H and O–H groups in total. The molecule has 3 aromatic rings. The van der Waals surface area contributed by atoms with E-state index in [1.165, 1.54) is 6.20 Å². The molecule has 1 aliphatic carbocycles. The molecule has 2 aromatic heterocycles. The molecule has 0 saturated heterocycles. The standard InChI is InChI=1S/C22H28N6O4S/c1-12(2)21-26-22(32-27-21)19-20(23)24-11-18(25-19)17-10-16(9-4-13(17)3)33(30,31)28-14-5-7-15(29)8-6-14/h4,9-12,14-15,28-29H,5-8H2,1-3H3,(H2,23,24)/t14-,15-. The molecule has 11 heteroatoms. The number of sulfonamides is 1. The summed E-state index contributed by atoms with van der Waals surface area (Å²) in [6.45, 7) is 5.75. The summed E-state index contributed by atoms with van der Waals surface area (Å²) < 4.78 is 34.1. The Bertz CT molecular complexity index is 1250. The maximum atomic E-state index is 13.0. The third kappa shape index (κ3) is 5.05. The van der Waals surface area contributed by atoms with Crippen molar-refractivity contribution in [1.29, 1.82) is 0 Å². The van der Waals surface area contributed by atoms with Crippen LogP contribution >= 0.6 is 0 Å². The van der Waals surface area contributed by atoms with Gasteiger partial charge in [-0.15, -0.1) is 0 Å². The molecule has 4 rings (SSSR count). The van der Waals surface area contributed by atoms with Crippen molar-refractivity contribution in [3.63, 3.8) is 0 Å². The van der Waals surface area contributed by atoms with Gasteiger partial charge in [0, 0.05) is 17.5 Å². The normalized spacial score (nSPS) is 19.2. The van der Waals surface area contributed by atoms with Crippen molar-refractivity contribution >= 4 is 15.8 Å². The molecule has 176 valence electrons. The summed E-state index contributed by atoms with van der Waals surface area (Å²) >= 11 is 0. The lowest BCUT2D eigenvalue weighted by Crippen LogP contribution is -2.38. The quantitative estimate of drug-likeness (QED) is 0.490. The van der Waals surface area contributed by atoms with Crippen LogP contribution in [0.2, 0.25) is 0 Å². The molecule has 0 atom stereocenters. The Morgan fingerprint density at radius 1 is 1.18 bits per heavy atom. The molecule has 0 unspecified atom stereocenters. The number of aliphatic hydroxyl groups excluding tert-OH is 1. The van der Waals surface area contributed by atoms with Crippen LogP contribution in [0.1, 0.15) is 56.8 Å². The number of rotatable bonds is 6. The van der Waals surface area contributed by atoms with Crippen molar-refractivity contribution in [2.75, 3.05) is 5.73 Å². The summed E-state index contributed by atoms with van der Waals surface area (Å²) in [5.74, 6) is 0.902. The second kappa shape index (κ2) is 9.16. The second-order valence-electron chi connectivity index (χ2n) is 8.70. The van der Waals surface area contributed by atoms with Crippen molar-refractivity contribution < 1.29 is 18.0 Å². The van der Waals surface area contributed by atoms with Gasteiger partial charge in [0.2, 0.25) is 10.0 Å². The number of benzene rings is 1. The van der Waals surface area contributed by atoms with Gasteiger partial charge in [0.15, 0.2) is 17.3 Å². The van der Waals surface area contributed by atoms with Crippen LogP contribution in [0, 0.1) is 6.92 Å². The first-order chi connectivity index (χ1) is 15.6. The summed E-state index contributed by atoms with van der Waals surface area (Å²) in [5.41, 5.74) is 8.14. The summed E-state index contributed by atoms with van der Waals surface area (Å²) in [4.78, 5) is 13.3. The molecule has 0 radical (unpaired) electrons. The zero-order chi connectivity index (χ0) is 23.8. The van der Waals surface area contributed by atoms with Gasteiger partial charge in [-0.25, -0.2) is 23.1 Å². The first-order valence-corrected chi connectivity index (χ1v) is 12.4. The number of hydrogen-bond acceptors (Lipinski definition) is 9. The molecule has 2 heterocycles. The Hall–Kier alpha value is -2.89. The van der Waals surface area contributed by atoms with E-state index in [9.17, 15) is 13.5 Å². The van der Waals surface area contributed by atoms with E-state index in [0.29, 0.717) is 42.8 Å². The van der Waals surface area contributed by atoms with Crippen molar-refractivity contribution in [1.82, 2.24) is 24.8 Å². The van der Waals surface area contributed by atoms with Gasteiger partial charge in [-0.1, -0.05) is 25.1 Å². The largest absolute Gasteiger partial charge is 0.393 e. The van der Waals surface area contributed by atoms with Gasteiger partial charge in [-0.05, 0) is 50.3 Å². The van der Waals surface area contributed by atoms with Gasteiger partial charge in [-0.3, -0.25) is 0 Å². The number of nitrogen functional groups attached to an aromatic ring is 1.